The summed E-state index contributed by atoms with van der Waals surface area (Å²) in [6.45, 7) is 1.92. The van der Waals surface area contributed by atoms with E-state index in [1.54, 1.807) is 48.8 Å². The van der Waals surface area contributed by atoms with E-state index in [1.807, 2.05) is 25.1 Å². The van der Waals surface area contributed by atoms with Crippen molar-refractivity contribution in [1.82, 2.24) is 8.96 Å². The van der Waals surface area contributed by atoms with Gasteiger partial charge < -0.3 is 0 Å². The molecule has 1 radical (unpaired) electrons. The van der Waals surface area contributed by atoms with Gasteiger partial charge in [0.25, 0.3) is 10.0 Å². The molecule has 0 saturated heterocycles. The van der Waals surface area contributed by atoms with E-state index >= 15 is 0 Å². The number of hydrogen-bond acceptors (Lipinski definition) is 3. The molecule has 4 aromatic rings. The highest BCUT2D eigenvalue weighted by Crippen LogP contribution is 2.33. The molecular formula is C20H14BrN2O2S. The third-order valence-electron chi connectivity index (χ3n) is 4.19. The Kier molecular flexibility index (Phi) is 4.17. The number of aromatic nitrogens is 2. The molecule has 0 spiro atoms. The number of pyridine rings is 1. The van der Waals surface area contributed by atoms with E-state index < -0.39 is 10.0 Å². The van der Waals surface area contributed by atoms with E-state index in [1.165, 1.54) is 3.97 Å². The number of nitrogens with zero attached hydrogens (tertiary/aromatic N) is 2. The Labute approximate surface area is 160 Å². The molecule has 26 heavy (non-hydrogen) atoms. The first-order valence-corrected chi connectivity index (χ1v) is 10.2. The first-order chi connectivity index (χ1) is 12.5. The lowest BCUT2D eigenvalue weighted by Gasteiger charge is -2.07. The van der Waals surface area contributed by atoms with Gasteiger partial charge in [-0.2, -0.15) is 0 Å². The molecular weight excluding hydrogens is 412 g/mol. The Bertz CT molecular complexity index is 1200. The standard InChI is InChI=1S/C20H14BrN2O2S/c1-14-7-9-17(10-8-14)26(24,25)23-13-19(15-5-3-2-4-6-15)18-11-16(21)12-22-20(18)23/h3-13H,1H3. The van der Waals surface area contributed by atoms with E-state index in [-0.39, 0.29) is 4.90 Å². The van der Waals surface area contributed by atoms with Gasteiger partial charge in [-0.25, -0.2) is 17.4 Å². The normalized spacial score (nSPS) is 11.8. The molecule has 129 valence electrons. The molecule has 6 heteroatoms. The monoisotopic (exact) mass is 425 g/mol. The molecule has 4 rings (SSSR count). The van der Waals surface area contributed by atoms with Crippen LogP contribution in [0.3, 0.4) is 0 Å². The minimum atomic E-state index is -3.75. The summed E-state index contributed by atoms with van der Waals surface area (Å²) in [5.74, 6) is 0. The van der Waals surface area contributed by atoms with Crippen molar-refractivity contribution in [2.24, 2.45) is 0 Å². The molecule has 0 unspecified atom stereocenters. The number of rotatable bonds is 3. The number of benzene rings is 2. The number of fused-ring (bicyclic) bond motifs is 1. The number of hydrogen-bond donors (Lipinski definition) is 0. The zero-order valence-corrected chi connectivity index (χ0v) is 16.3. The van der Waals surface area contributed by atoms with Crippen LogP contribution >= 0.6 is 15.9 Å². The van der Waals surface area contributed by atoms with Crippen LogP contribution in [0.1, 0.15) is 5.56 Å². The first-order valence-electron chi connectivity index (χ1n) is 7.92. The largest absolute Gasteiger partial charge is 0.269 e. The molecule has 0 aliphatic heterocycles. The Morgan fingerprint density at radius 1 is 1.08 bits per heavy atom. The van der Waals surface area contributed by atoms with Crippen LogP contribution in [0.15, 0.2) is 76.4 Å². The van der Waals surface area contributed by atoms with Crippen LogP contribution in [-0.2, 0) is 10.0 Å². The molecule has 0 amide bonds. The number of halogens is 1. The highest BCUT2D eigenvalue weighted by molar-refractivity contribution is 9.10. The number of aryl methyl sites for hydroxylation is 1. The fraction of sp³-hybridized carbons (Fsp3) is 0.0500. The van der Waals surface area contributed by atoms with Crippen molar-refractivity contribution in [3.05, 3.63) is 83.1 Å². The Morgan fingerprint density at radius 3 is 2.46 bits per heavy atom. The summed E-state index contributed by atoms with van der Waals surface area (Å²) in [7, 11) is -3.75. The van der Waals surface area contributed by atoms with Crippen molar-refractivity contribution in [3.8, 4) is 11.1 Å². The topological polar surface area (TPSA) is 52.0 Å². The fourth-order valence-electron chi connectivity index (χ4n) is 2.86. The molecule has 4 nitrogen and oxygen atoms in total. The summed E-state index contributed by atoms with van der Waals surface area (Å²) in [6.07, 6.45) is 3.24. The lowest BCUT2D eigenvalue weighted by Crippen LogP contribution is -2.12. The molecule has 0 saturated carbocycles. The molecule has 2 aromatic heterocycles. The van der Waals surface area contributed by atoms with Crippen molar-refractivity contribution in [2.75, 3.05) is 0 Å². The van der Waals surface area contributed by atoms with Gasteiger partial charge in [-0.15, -0.1) is 0 Å². The third kappa shape index (κ3) is 2.85. The summed E-state index contributed by atoms with van der Waals surface area (Å²) < 4.78 is 28.4. The lowest BCUT2D eigenvalue weighted by molar-refractivity contribution is 0.589. The van der Waals surface area contributed by atoms with E-state index in [9.17, 15) is 8.42 Å². The SMILES string of the molecule is Cc1ccc(S(=O)(=O)n2cc(-c3cc[c]cc3)c3cc(Br)cnc32)cc1. The smallest absolute Gasteiger partial charge is 0.236 e. The first kappa shape index (κ1) is 17.0. The molecule has 2 heterocycles. The van der Waals surface area contributed by atoms with Gasteiger partial charge in [0.05, 0.1) is 4.90 Å². The maximum atomic E-state index is 13.2. The summed E-state index contributed by atoms with van der Waals surface area (Å²) in [4.78, 5) is 4.60. The van der Waals surface area contributed by atoms with Crippen molar-refractivity contribution in [1.29, 1.82) is 0 Å². The van der Waals surface area contributed by atoms with E-state index in [0.29, 0.717) is 5.65 Å². The van der Waals surface area contributed by atoms with Gasteiger partial charge in [0.1, 0.15) is 0 Å². The molecule has 0 bridgehead atoms. The summed E-state index contributed by atoms with van der Waals surface area (Å²) in [6, 6.07) is 19.1. The van der Waals surface area contributed by atoms with Gasteiger partial charge in [0.2, 0.25) is 0 Å². The predicted molar refractivity (Wildman–Crippen MR) is 105 cm³/mol. The van der Waals surface area contributed by atoms with Crippen LogP contribution in [0, 0.1) is 13.0 Å². The maximum absolute atomic E-state index is 13.2. The van der Waals surface area contributed by atoms with Crippen LogP contribution in [0.5, 0.6) is 0 Å². The molecule has 0 aliphatic rings. The average Bonchev–Trinajstić information content (AvgIpc) is 3.02. The van der Waals surface area contributed by atoms with Crippen LogP contribution < -0.4 is 0 Å². The van der Waals surface area contributed by atoms with Crippen molar-refractivity contribution in [2.45, 2.75) is 11.8 Å². The summed E-state index contributed by atoms with van der Waals surface area (Å²) in [5, 5.41) is 0.765. The van der Waals surface area contributed by atoms with Crippen LogP contribution in [0.25, 0.3) is 22.2 Å². The maximum Gasteiger partial charge on any atom is 0.269 e. The predicted octanol–water partition coefficient (Wildman–Crippen LogP) is 4.81. The molecule has 0 fully saturated rings. The molecule has 0 atom stereocenters. The third-order valence-corrected chi connectivity index (χ3v) is 6.28. The minimum absolute atomic E-state index is 0.234. The van der Waals surface area contributed by atoms with Crippen molar-refractivity contribution in [3.63, 3.8) is 0 Å². The summed E-state index contributed by atoms with van der Waals surface area (Å²) in [5.41, 5.74) is 3.12. The quantitative estimate of drug-likeness (QED) is 0.473. The lowest BCUT2D eigenvalue weighted by atomic mass is 10.1. The van der Waals surface area contributed by atoms with E-state index in [0.717, 1.165) is 26.5 Å². The zero-order chi connectivity index (χ0) is 18.3. The molecule has 0 aliphatic carbocycles. The summed E-state index contributed by atoms with van der Waals surface area (Å²) >= 11 is 3.42. The average molecular weight is 426 g/mol. The van der Waals surface area contributed by atoms with Gasteiger partial charge in [0.15, 0.2) is 5.65 Å². The van der Waals surface area contributed by atoms with Gasteiger partial charge >= 0.3 is 0 Å². The second-order valence-electron chi connectivity index (χ2n) is 5.97. The van der Waals surface area contributed by atoms with Gasteiger partial charge in [-0.1, -0.05) is 42.0 Å². The minimum Gasteiger partial charge on any atom is -0.236 e. The Balaban J connectivity index is 2.01. The highest BCUT2D eigenvalue weighted by Gasteiger charge is 2.22. The van der Waals surface area contributed by atoms with Crippen LogP contribution in [0.2, 0.25) is 0 Å². The van der Waals surface area contributed by atoms with Crippen molar-refractivity contribution >= 4 is 37.0 Å². The second-order valence-corrected chi connectivity index (χ2v) is 8.70. The molecule has 0 N–H and O–H groups in total. The highest BCUT2D eigenvalue weighted by atomic mass is 79.9. The second kappa shape index (κ2) is 6.37. The van der Waals surface area contributed by atoms with Gasteiger partial charge in [0, 0.05) is 27.8 Å². The zero-order valence-electron chi connectivity index (χ0n) is 13.8. The van der Waals surface area contributed by atoms with Gasteiger partial charge in [-0.05, 0) is 52.7 Å². The Hall–Kier alpha value is -2.44. The fourth-order valence-corrected chi connectivity index (χ4v) is 4.51. The van der Waals surface area contributed by atoms with E-state index in [4.69, 9.17) is 0 Å². The molecule has 2 aromatic carbocycles. The van der Waals surface area contributed by atoms with Crippen molar-refractivity contribution < 1.29 is 8.42 Å². The van der Waals surface area contributed by atoms with E-state index in [2.05, 4.69) is 27.0 Å². The Morgan fingerprint density at radius 2 is 1.77 bits per heavy atom. The van der Waals surface area contributed by atoms with Crippen LogP contribution in [0.4, 0.5) is 0 Å². The van der Waals surface area contributed by atoms with Crippen LogP contribution in [-0.4, -0.2) is 17.4 Å². The van der Waals surface area contributed by atoms with Gasteiger partial charge in [-0.3, -0.25) is 0 Å².